The third kappa shape index (κ3) is 2.85. The van der Waals surface area contributed by atoms with E-state index in [1.165, 1.54) is 12.1 Å². The van der Waals surface area contributed by atoms with Crippen molar-refractivity contribution in [2.24, 2.45) is 0 Å². The van der Waals surface area contributed by atoms with Crippen molar-refractivity contribution in [2.45, 2.75) is 5.16 Å². The molecule has 0 aliphatic rings. The van der Waals surface area contributed by atoms with Crippen LogP contribution in [0.4, 0.5) is 4.39 Å². The van der Waals surface area contributed by atoms with Gasteiger partial charge in [-0.2, -0.15) is 4.68 Å². The number of carboxylic acids is 1. The molecule has 0 unspecified atom stereocenters. The van der Waals surface area contributed by atoms with Gasteiger partial charge in [0.05, 0.1) is 5.75 Å². The Hall–Kier alpha value is -1.48. The SMILES string of the molecule is O=C(O)CSc1nnnn1-c1cc(Br)ccc1F. The molecule has 1 aromatic heterocycles. The number of aliphatic carboxylic acids is 1. The second kappa shape index (κ2) is 5.44. The summed E-state index contributed by atoms with van der Waals surface area (Å²) in [7, 11) is 0. The van der Waals surface area contributed by atoms with Crippen molar-refractivity contribution in [3.05, 3.63) is 28.5 Å². The molecule has 0 aliphatic heterocycles. The average molecular weight is 333 g/mol. The van der Waals surface area contributed by atoms with E-state index in [2.05, 4.69) is 31.5 Å². The van der Waals surface area contributed by atoms with Crippen molar-refractivity contribution in [1.82, 2.24) is 20.2 Å². The first kappa shape index (κ1) is 13.0. The minimum Gasteiger partial charge on any atom is -0.481 e. The number of halogens is 2. The van der Waals surface area contributed by atoms with E-state index in [1.54, 1.807) is 6.07 Å². The fourth-order valence-corrected chi connectivity index (χ4v) is 2.15. The Balaban J connectivity index is 2.36. The molecule has 94 valence electrons. The lowest BCUT2D eigenvalue weighted by atomic mass is 10.3. The van der Waals surface area contributed by atoms with Crippen LogP contribution in [0.2, 0.25) is 0 Å². The summed E-state index contributed by atoms with van der Waals surface area (Å²) >= 11 is 4.14. The van der Waals surface area contributed by atoms with Gasteiger partial charge in [-0.05, 0) is 28.6 Å². The van der Waals surface area contributed by atoms with Crippen LogP contribution in [-0.2, 0) is 4.79 Å². The van der Waals surface area contributed by atoms with Gasteiger partial charge < -0.3 is 5.11 Å². The van der Waals surface area contributed by atoms with Crippen LogP contribution in [0.5, 0.6) is 0 Å². The van der Waals surface area contributed by atoms with Crippen molar-refractivity contribution in [3.63, 3.8) is 0 Å². The molecule has 18 heavy (non-hydrogen) atoms. The maximum Gasteiger partial charge on any atom is 0.313 e. The van der Waals surface area contributed by atoms with Gasteiger partial charge in [0.1, 0.15) is 11.5 Å². The molecular formula is C9H6BrFN4O2S. The molecule has 2 rings (SSSR count). The highest BCUT2D eigenvalue weighted by molar-refractivity contribution is 9.10. The molecule has 1 heterocycles. The van der Waals surface area contributed by atoms with Crippen LogP contribution < -0.4 is 0 Å². The lowest BCUT2D eigenvalue weighted by Gasteiger charge is -2.05. The maximum absolute atomic E-state index is 13.6. The maximum atomic E-state index is 13.6. The number of benzene rings is 1. The van der Waals surface area contributed by atoms with Gasteiger partial charge in [0, 0.05) is 4.47 Å². The number of hydrogen-bond donors (Lipinski definition) is 1. The molecule has 0 saturated heterocycles. The van der Waals surface area contributed by atoms with Crippen LogP contribution in [0.3, 0.4) is 0 Å². The number of rotatable bonds is 4. The zero-order chi connectivity index (χ0) is 13.1. The molecule has 0 radical (unpaired) electrons. The highest BCUT2D eigenvalue weighted by Crippen LogP contribution is 2.23. The fourth-order valence-electron chi connectivity index (χ4n) is 1.19. The predicted octanol–water partition coefficient (Wildman–Crippen LogP) is 1.74. The quantitative estimate of drug-likeness (QED) is 0.859. The number of carboxylic acid groups (broad SMARTS) is 1. The molecule has 0 spiro atoms. The standard InChI is InChI=1S/C9H6BrFN4O2S/c10-5-1-2-6(11)7(3-5)15-9(12-13-14-15)18-4-8(16)17/h1-3H,4H2,(H,16,17). The van der Waals surface area contributed by atoms with Crippen molar-refractivity contribution >= 4 is 33.7 Å². The first-order chi connectivity index (χ1) is 8.58. The molecule has 1 N–H and O–H groups in total. The van der Waals surface area contributed by atoms with Crippen LogP contribution in [0, 0.1) is 5.82 Å². The van der Waals surface area contributed by atoms with Gasteiger partial charge >= 0.3 is 5.97 Å². The fraction of sp³-hybridized carbons (Fsp3) is 0.111. The van der Waals surface area contributed by atoms with Crippen molar-refractivity contribution in [3.8, 4) is 5.69 Å². The zero-order valence-electron chi connectivity index (χ0n) is 8.75. The molecule has 1 aromatic carbocycles. The van der Waals surface area contributed by atoms with Gasteiger partial charge in [0.2, 0.25) is 5.16 Å². The largest absolute Gasteiger partial charge is 0.481 e. The number of carbonyl (C=O) groups is 1. The van der Waals surface area contributed by atoms with Crippen molar-refractivity contribution in [2.75, 3.05) is 5.75 Å². The number of aromatic nitrogens is 4. The van der Waals surface area contributed by atoms with E-state index >= 15 is 0 Å². The summed E-state index contributed by atoms with van der Waals surface area (Å²) in [6.45, 7) is 0. The Labute approximate surface area is 113 Å². The summed E-state index contributed by atoms with van der Waals surface area (Å²) < 4.78 is 15.5. The van der Waals surface area contributed by atoms with E-state index in [0.717, 1.165) is 16.4 Å². The molecule has 0 bridgehead atoms. The third-order valence-corrected chi connectivity index (χ3v) is 3.30. The molecule has 0 saturated carbocycles. The van der Waals surface area contributed by atoms with Gasteiger partial charge in [-0.1, -0.05) is 27.7 Å². The minimum atomic E-state index is -0.996. The van der Waals surface area contributed by atoms with Crippen molar-refractivity contribution < 1.29 is 14.3 Å². The highest BCUT2D eigenvalue weighted by atomic mass is 79.9. The topological polar surface area (TPSA) is 80.9 Å². The van der Waals surface area contributed by atoms with Crippen LogP contribution in [0.15, 0.2) is 27.8 Å². The lowest BCUT2D eigenvalue weighted by molar-refractivity contribution is -0.133. The zero-order valence-corrected chi connectivity index (χ0v) is 11.2. The van der Waals surface area contributed by atoms with Gasteiger partial charge in [-0.3, -0.25) is 4.79 Å². The highest BCUT2D eigenvalue weighted by Gasteiger charge is 2.14. The van der Waals surface area contributed by atoms with Crippen molar-refractivity contribution in [1.29, 1.82) is 0 Å². The van der Waals surface area contributed by atoms with E-state index in [0.29, 0.717) is 4.47 Å². The van der Waals surface area contributed by atoms with E-state index in [4.69, 9.17) is 5.11 Å². The Kier molecular flexibility index (Phi) is 3.92. The Morgan fingerprint density at radius 2 is 2.33 bits per heavy atom. The summed E-state index contributed by atoms with van der Waals surface area (Å²) in [5.74, 6) is -1.69. The average Bonchev–Trinajstić information content (AvgIpc) is 2.77. The number of nitrogens with zero attached hydrogens (tertiary/aromatic N) is 4. The van der Waals surface area contributed by atoms with Crippen LogP contribution in [-0.4, -0.2) is 37.0 Å². The number of tetrazole rings is 1. The normalized spacial score (nSPS) is 10.6. The van der Waals surface area contributed by atoms with Crippen LogP contribution in [0.1, 0.15) is 0 Å². The Bertz CT molecular complexity index is 592. The van der Waals surface area contributed by atoms with E-state index in [1.807, 2.05) is 0 Å². The van der Waals surface area contributed by atoms with Gasteiger partial charge in [0.25, 0.3) is 0 Å². The summed E-state index contributed by atoms with van der Waals surface area (Å²) in [5.41, 5.74) is 0.155. The predicted molar refractivity (Wildman–Crippen MR) is 65.2 cm³/mol. The van der Waals surface area contributed by atoms with Crippen LogP contribution in [0.25, 0.3) is 5.69 Å². The summed E-state index contributed by atoms with van der Waals surface area (Å²) in [6, 6.07) is 4.33. The van der Waals surface area contributed by atoms with Gasteiger partial charge in [-0.15, -0.1) is 5.10 Å². The Morgan fingerprint density at radius 3 is 3.06 bits per heavy atom. The van der Waals surface area contributed by atoms with E-state index in [-0.39, 0.29) is 16.6 Å². The molecular weight excluding hydrogens is 327 g/mol. The molecule has 0 aliphatic carbocycles. The molecule has 0 atom stereocenters. The van der Waals surface area contributed by atoms with Crippen LogP contribution >= 0.6 is 27.7 Å². The monoisotopic (exact) mass is 332 g/mol. The first-order valence-corrected chi connectivity index (χ1v) is 6.44. The van der Waals surface area contributed by atoms with E-state index < -0.39 is 11.8 Å². The van der Waals surface area contributed by atoms with E-state index in [9.17, 15) is 9.18 Å². The minimum absolute atomic E-state index is 0.155. The smallest absolute Gasteiger partial charge is 0.313 e. The summed E-state index contributed by atoms with van der Waals surface area (Å²) in [5, 5.41) is 19.5. The third-order valence-electron chi connectivity index (χ3n) is 1.90. The van der Waals surface area contributed by atoms with Gasteiger partial charge in [-0.25, -0.2) is 4.39 Å². The van der Waals surface area contributed by atoms with Gasteiger partial charge in [0.15, 0.2) is 0 Å². The Morgan fingerprint density at radius 1 is 1.56 bits per heavy atom. The second-order valence-electron chi connectivity index (χ2n) is 3.15. The molecule has 2 aromatic rings. The number of thioether (sulfide) groups is 1. The summed E-state index contributed by atoms with van der Waals surface area (Å²) in [4.78, 5) is 10.5. The molecule has 0 amide bonds. The molecule has 6 nitrogen and oxygen atoms in total. The first-order valence-electron chi connectivity index (χ1n) is 4.66. The summed E-state index contributed by atoms with van der Waals surface area (Å²) in [6.07, 6.45) is 0. The lowest BCUT2D eigenvalue weighted by Crippen LogP contribution is -2.04. The number of hydrogen-bond acceptors (Lipinski definition) is 5. The molecule has 9 heteroatoms. The second-order valence-corrected chi connectivity index (χ2v) is 5.01. The molecule has 0 fully saturated rings.